The number of hydrogen-bond donors (Lipinski definition) is 0. The van der Waals surface area contributed by atoms with Gasteiger partial charge in [0.1, 0.15) is 24.7 Å². The van der Waals surface area contributed by atoms with Crippen molar-refractivity contribution in [3.8, 4) is 22.6 Å². The molecule has 1 fully saturated rings. The number of carbonyl (C=O) groups excluding carboxylic acids is 1. The minimum absolute atomic E-state index is 0.00307. The maximum absolute atomic E-state index is 11.7. The summed E-state index contributed by atoms with van der Waals surface area (Å²) in [5.41, 5.74) is 7.17. The summed E-state index contributed by atoms with van der Waals surface area (Å²) < 4.78 is 22.2. The van der Waals surface area contributed by atoms with Gasteiger partial charge in [-0.15, -0.1) is 0 Å². The van der Waals surface area contributed by atoms with E-state index in [0.29, 0.717) is 26.4 Å². The van der Waals surface area contributed by atoms with Gasteiger partial charge in [-0.2, -0.15) is 0 Å². The largest absolute Gasteiger partial charge is 0.491 e. The van der Waals surface area contributed by atoms with Gasteiger partial charge >= 0.3 is 5.97 Å². The van der Waals surface area contributed by atoms with Crippen LogP contribution in [0.4, 0.5) is 0 Å². The van der Waals surface area contributed by atoms with Crippen molar-refractivity contribution in [3.05, 3.63) is 82.9 Å². The van der Waals surface area contributed by atoms with Crippen molar-refractivity contribution >= 4 is 5.97 Å². The molecule has 2 unspecified atom stereocenters. The van der Waals surface area contributed by atoms with Gasteiger partial charge in [-0.05, 0) is 96.3 Å². The number of benzene rings is 3. The molecule has 2 atom stereocenters. The molecule has 1 saturated carbocycles. The summed E-state index contributed by atoms with van der Waals surface area (Å²) >= 11 is 0. The molecule has 0 N–H and O–H groups in total. The molecule has 1 aliphatic rings. The molecule has 5 heteroatoms. The highest BCUT2D eigenvalue weighted by molar-refractivity contribution is 5.77. The van der Waals surface area contributed by atoms with Crippen LogP contribution in [0.1, 0.15) is 48.4 Å². The molecule has 0 aliphatic heterocycles. The Morgan fingerprint density at radius 2 is 1.75 bits per heavy atom. The Bertz CT molecular complexity index is 1170. The lowest BCUT2D eigenvalue weighted by atomic mass is 9.92. The lowest BCUT2D eigenvalue weighted by molar-refractivity contribution is -0.142. The lowest BCUT2D eigenvalue weighted by Gasteiger charge is -2.16. The quantitative estimate of drug-likeness (QED) is 0.215. The predicted octanol–water partition coefficient (Wildman–Crippen LogP) is 6.50. The van der Waals surface area contributed by atoms with Crippen molar-refractivity contribution in [2.75, 3.05) is 26.9 Å². The molecule has 190 valence electrons. The fraction of sp³-hybridized carbons (Fsp3) is 0.387. The van der Waals surface area contributed by atoms with E-state index >= 15 is 0 Å². The zero-order chi connectivity index (χ0) is 25.5. The average molecular weight is 489 g/mol. The Morgan fingerprint density at radius 1 is 0.944 bits per heavy atom. The van der Waals surface area contributed by atoms with Crippen LogP contribution >= 0.6 is 0 Å². The third-order valence-electron chi connectivity index (χ3n) is 6.70. The van der Waals surface area contributed by atoms with E-state index in [0.717, 1.165) is 35.5 Å². The number of hydrogen-bond acceptors (Lipinski definition) is 5. The second kappa shape index (κ2) is 12.1. The van der Waals surface area contributed by atoms with Crippen molar-refractivity contribution < 1.29 is 23.7 Å². The van der Waals surface area contributed by atoms with Crippen molar-refractivity contribution in [2.45, 2.75) is 46.1 Å². The standard InChI is InChI=1S/C31H36O5/c1-5-23-18-27(35-15-14-34-6-2)16-21(3)30(23)25-9-7-8-22(17-25)20-36-26-12-10-24(11-13-26)28-19-29(28)31(32)33-4/h7-13,16-18,28-29H,5-6,14-15,19-20H2,1-4H3. The van der Waals surface area contributed by atoms with Crippen LogP contribution in [0.25, 0.3) is 11.1 Å². The van der Waals surface area contributed by atoms with Gasteiger partial charge in [-0.3, -0.25) is 4.79 Å². The first kappa shape index (κ1) is 25.8. The van der Waals surface area contributed by atoms with Crippen molar-refractivity contribution in [2.24, 2.45) is 5.92 Å². The highest BCUT2D eigenvalue weighted by Crippen LogP contribution is 2.48. The van der Waals surface area contributed by atoms with Gasteiger partial charge in [-0.25, -0.2) is 0 Å². The van der Waals surface area contributed by atoms with E-state index in [1.54, 1.807) is 0 Å². The summed E-state index contributed by atoms with van der Waals surface area (Å²) in [6.45, 7) is 8.63. The van der Waals surface area contributed by atoms with Crippen LogP contribution in [-0.2, 0) is 27.3 Å². The maximum Gasteiger partial charge on any atom is 0.309 e. The predicted molar refractivity (Wildman–Crippen MR) is 142 cm³/mol. The SMILES string of the molecule is CCOCCOc1cc(C)c(-c2cccc(COc3ccc(C4CC4C(=O)OC)cc3)c2)c(CC)c1. The number of ether oxygens (including phenoxy) is 4. The van der Waals surface area contributed by atoms with E-state index in [1.807, 2.05) is 31.2 Å². The zero-order valence-corrected chi connectivity index (χ0v) is 21.7. The fourth-order valence-electron chi connectivity index (χ4n) is 4.73. The van der Waals surface area contributed by atoms with Gasteiger partial charge in [0, 0.05) is 6.61 Å². The molecule has 3 aromatic carbocycles. The van der Waals surface area contributed by atoms with E-state index in [4.69, 9.17) is 18.9 Å². The van der Waals surface area contributed by atoms with Gasteiger partial charge in [0.2, 0.25) is 0 Å². The molecule has 0 amide bonds. The number of rotatable bonds is 12. The van der Waals surface area contributed by atoms with Crippen LogP contribution in [0, 0.1) is 12.8 Å². The molecule has 1 aliphatic carbocycles. The first-order valence-electron chi connectivity index (χ1n) is 12.8. The minimum atomic E-state index is -0.120. The number of aryl methyl sites for hydroxylation is 2. The summed E-state index contributed by atoms with van der Waals surface area (Å²) in [5, 5.41) is 0. The second-order valence-corrected chi connectivity index (χ2v) is 9.20. The third kappa shape index (κ3) is 6.27. The molecule has 3 aromatic rings. The number of carbonyl (C=O) groups is 1. The van der Waals surface area contributed by atoms with Crippen molar-refractivity contribution in [1.82, 2.24) is 0 Å². The van der Waals surface area contributed by atoms with Crippen molar-refractivity contribution in [1.29, 1.82) is 0 Å². The summed E-state index contributed by atoms with van der Waals surface area (Å²) in [7, 11) is 1.45. The molecular weight excluding hydrogens is 452 g/mol. The molecule has 0 heterocycles. The third-order valence-corrected chi connectivity index (χ3v) is 6.70. The minimum Gasteiger partial charge on any atom is -0.491 e. The van der Waals surface area contributed by atoms with E-state index in [1.165, 1.54) is 29.4 Å². The van der Waals surface area contributed by atoms with E-state index in [9.17, 15) is 4.79 Å². The highest BCUT2D eigenvalue weighted by Gasteiger charge is 2.44. The van der Waals surface area contributed by atoms with Gasteiger partial charge in [-0.1, -0.05) is 37.3 Å². The Hall–Kier alpha value is -3.31. The molecular formula is C31H36O5. The molecule has 0 spiro atoms. The van der Waals surface area contributed by atoms with Gasteiger partial charge in [0.25, 0.3) is 0 Å². The molecule has 0 radical (unpaired) electrons. The Morgan fingerprint density at radius 3 is 2.47 bits per heavy atom. The fourth-order valence-corrected chi connectivity index (χ4v) is 4.73. The second-order valence-electron chi connectivity index (χ2n) is 9.20. The molecule has 5 nitrogen and oxygen atoms in total. The smallest absolute Gasteiger partial charge is 0.309 e. The van der Waals surface area contributed by atoms with Crippen molar-refractivity contribution in [3.63, 3.8) is 0 Å². The molecule has 36 heavy (non-hydrogen) atoms. The Kier molecular flexibility index (Phi) is 8.65. The van der Waals surface area contributed by atoms with Crippen LogP contribution in [0.2, 0.25) is 0 Å². The van der Waals surface area contributed by atoms with Crippen LogP contribution in [0.15, 0.2) is 60.7 Å². The van der Waals surface area contributed by atoms with E-state index in [-0.39, 0.29) is 17.8 Å². The molecule has 4 rings (SSSR count). The highest BCUT2D eigenvalue weighted by atomic mass is 16.5. The summed E-state index contributed by atoms with van der Waals surface area (Å²) in [4.78, 5) is 11.7. The van der Waals surface area contributed by atoms with Crippen LogP contribution in [0.5, 0.6) is 11.5 Å². The van der Waals surface area contributed by atoms with Crippen LogP contribution in [-0.4, -0.2) is 32.9 Å². The zero-order valence-electron chi connectivity index (χ0n) is 21.7. The molecule has 0 bridgehead atoms. The molecule has 0 saturated heterocycles. The van der Waals surface area contributed by atoms with Gasteiger partial charge in [0.15, 0.2) is 0 Å². The van der Waals surface area contributed by atoms with E-state index < -0.39 is 0 Å². The maximum atomic E-state index is 11.7. The lowest BCUT2D eigenvalue weighted by Crippen LogP contribution is -2.07. The van der Waals surface area contributed by atoms with Crippen LogP contribution in [0.3, 0.4) is 0 Å². The Balaban J connectivity index is 1.41. The van der Waals surface area contributed by atoms with Gasteiger partial charge in [0.05, 0.1) is 19.6 Å². The summed E-state index contributed by atoms with van der Waals surface area (Å²) in [6, 6.07) is 20.9. The first-order valence-corrected chi connectivity index (χ1v) is 12.8. The number of esters is 1. The van der Waals surface area contributed by atoms with Crippen LogP contribution < -0.4 is 9.47 Å². The topological polar surface area (TPSA) is 54.0 Å². The summed E-state index contributed by atoms with van der Waals surface area (Å²) in [6.07, 6.45) is 1.78. The molecule has 0 aromatic heterocycles. The normalized spacial score (nSPS) is 16.4. The number of methoxy groups -OCH3 is 1. The van der Waals surface area contributed by atoms with Gasteiger partial charge < -0.3 is 18.9 Å². The Labute approximate surface area is 214 Å². The van der Waals surface area contributed by atoms with E-state index in [2.05, 4.69) is 50.2 Å². The summed E-state index contributed by atoms with van der Waals surface area (Å²) in [5.74, 6) is 1.85. The average Bonchev–Trinajstić information content (AvgIpc) is 3.71. The monoisotopic (exact) mass is 488 g/mol. The first-order chi connectivity index (χ1) is 17.5.